The van der Waals surface area contributed by atoms with Crippen LogP contribution in [0.2, 0.25) is 8.47 Å². The molecule has 4 nitrogen and oxygen atoms in total. The summed E-state index contributed by atoms with van der Waals surface area (Å²) in [5.74, 6) is 0. The molecule has 0 rings (SSSR count). The predicted molar refractivity (Wildman–Crippen MR) is 62.3 cm³/mol. The minimum absolute atomic E-state index is 0.346. The molecule has 0 aromatic rings. The highest BCUT2D eigenvalue weighted by molar-refractivity contribution is 4.52. The highest BCUT2D eigenvalue weighted by Crippen LogP contribution is 1.84. The van der Waals surface area contributed by atoms with E-state index >= 15 is 0 Å². The lowest BCUT2D eigenvalue weighted by atomic mass is 10.3. The van der Waals surface area contributed by atoms with Gasteiger partial charge < -0.3 is 22.1 Å². The van der Waals surface area contributed by atoms with Crippen LogP contribution in [0.3, 0.4) is 0 Å². The van der Waals surface area contributed by atoms with Gasteiger partial charge in [-0.05, 0) is 65.0 Å². The van der Waals surface area contributed by atoms with Crippen molar-refractivity contribution in [3.8, 4) is 0 Å². The molecule has 14 heavy (non-hydrogen) atoms. The Bertz CT molecular complexity index is 200. The zero-order chi connectivity index (χ0) is 15.4. The van der Waals surface area contributed by atoms with Crippen LogP contribution < -0.4 is 22.1 Å². The number of rotatable bonds is 13. The van der Waals surface area contributed by atoms with E-state index in [1.807, 2.05) is 0 Å². The summed E-state index contributed by atoms with van der Waals surface area (Å²) in [6.45, 7) is 3.08. The number of hydrogen-bond donors (Lipinski definition) is 4. The van der Waals surface area contributed by atoms with Crippen molar-refractivity contribution < 1.29 is 8.47 Å². The van der Waals surface area contributed by atoms with E-state index in [0.29, 0.717) is 63.5 Å². The van der Waals surface area contributed by atoms with E-state index in [9.17, 15) is 0 Å². The van der Waals surface area contributed by atoms with Crippen LogP contribution in [-0.4, -0.2) is 39.3 Å². The first kappa shape index (κ1) is 6.43. The van der Waals surface area contributed by atoms with Crippen LogP contribution in [-0.2, 0) is 0 Å². The molecule has 0 aromatic heterocycles. The molecule has 0 aliphatic rings. The molecule has 0 amide bonds. The molecular weight excluding hydrogens is 176 g/mol. The van der Waals surface area contributed by atoms with Crippen LogP contribution in [0, 0.1) is 0 Å². The fourth-order valence-corrected chi connectivity index (χ4v) is 1.04. The second kappa shape index (κ2) is 12.8. The van der Waals surface area contributed by atoms with Crippen molar-refractivity contribution in [1.82, 2.24) is 10.6 Å². The average Bonchev–Trinajstić information content (AvgIpc) is 2.33. The van der Waals surface area contributed by atoms with E-state index in [0.717, 1.165) is 12.8 Å². The van der Waals surface area contributed by atoms with Gasteiger partial charge in [-0.25, -0.2) is 0 Å². The van der Waals surface area contributed by atoms with Crippen molar-refractivity contribution in [2.45, 2.75) is 25.7 Å². The van der Waals surface area contributed by atoms with Crippen LogP contribution in [0.25, 0.3) is 0 Å². The van der Waals surface area contributed by atoms with Crippen molar-refractivity contribution >= 4 is 0 Å². The number of nitrogens with two attached hydrogens (primary N) is 2. The van der Waals surface area contributed by atoms with Gasteiger partial charge in [-0.2, -0.15) is 0 Å². The van der Waals surface area contributed by atoms with Gasteiger partial charge in [0.1, 0.15) is 8.47 Å². The summed E-state index contributed by atoms with van der Waals surface area (Å²) in [6.07, 6.45) is 2.95. The SMILES string of the molecule is [2H]N([2H])CCCN([2H])CCCCN([2H])CCCN([2H])[2H]. The van der Waals surface area contributed by atoms with Gasteiger partial charge in [0.2, 0.25) is 0 Å². The third-order valence-corrected chi connectivity index (χ3v) is 1.83. The fourth-order valence-electron chi connectivity index (χ4n) is 1.04. The molecule has 4 heteroatoms. The third kappa shape index (κ3) is 11.8. The Morgan fingerprint density at radius 1 is 0.786 bits per heavy atom. The summed E-state index contributed by atoms with van der Waals surface area (Å²) in [5.41, 5.74) is 1.25. The molecule has 0 aliphatic heterocycles. The average molecular weight is 208 g/mol. The molecule has 6 N–H and O–H groups in total. The van der Waals surface area contributed by atoms with Crippen LogP contribution >= 0.6 is 0 Å². The minimum Gasteiger partial charge on any atom is -0.330 e. The lowest BCUT2D eigenvalue weighted by molar-refractivity contribution is 0.570. The molecule has 0 radical (unpaired) electrons. The first-order chi connectivity index (χ1) is 9.41. The highest BCUT2D eigenvalue weighted by atomic mass is 14.9. The van der Waals surface area contributed by atoms with E-state index in [1.165, 1.54) is 10.6 Å². The smallest absolute Gasteiger partial charge is 0.122 e. The summed E-state index contributed by atoms with van der Waals surface area (Å²) in [6, 6.07) is 0. The maximum absolute atomic E-state index is 7.64. The zero-order valence-electron chi connectivity index (χ0n) is 14.9. The summed E-state index contributed by atoms with van der Waals surface area (Å²) in [7, 11) is 0. The number of nitrogens with one attached hydrogen (secondary N) is 2. The Labute approximate surface area is 96.6 Å². The second-order valence-electron chi connectivity index (χ2n) is 3.20. The summed E-state index contributed by atoms with van der Waals surface area (Å²) >= 11 is 0. The van der Waals surface area contributed by atoms with Gasteiger partial charge in [-0.15, -0.1) is 0 Å². The van der Waals surface area contributed by atoms with Crippen molar-refractivity contribution in [2.24, 2.45) is 11.4 Å². The van der Waals surface area contributed by atoms with Crippen molar-refractivity contribution in [2.75, 3.05) is 39.3 Å². The van der Waals surface area contributed by atoms with Crippen LogP contribution in [0.4, 0.5) is 0 Å². The van der Waals surface area contributed by atoms with E-state index in [-0.39, 0.29) is 0 Å². The Hall–Kier alpha value is -0.160. The Morgan fingerprint density at radius 2 is 1.21 bits per heavy atom. The number of unbranched alkanes of at least 4 members (excludes halogenated alkanes) is 1. The third-order valence-electron chi connectivity index (χ3n) is 1.83. The lowest BCUT2D eigenvalue weighted by Gasteiger charge is -2.04. The molecule has 0 aromatic carbocycles. The first-order valence-corrected chi connectivity index (χ1v) is 5.40. The largest absolute Gasteiger partial charge is 0.330 e. The Balaban J connectivity index is 3.36. The maximum Gasteiger partial charge on any atom is 0.122 e. The van der Waals surface area contributed by atoms with Crippen molar-refractivity contribution in [3.63, 3.8) is 0 Å². The van der Waals surface area contributed by atoms with Gasteiger partial charge in [-0.3, -0.25) is 0 Å². The number of hydrogen-bond acceptors (Lipinski definition) is 4. The molecular formula is C10H26N4. The first-order valence-electron chi connectivity index (χ1n) is 8.08. The fraction of sp³-hybridized carbons (Fsp3) is 1.00. The van der Waals surface area contributed by atoms with Gasteiger partial charge in [0.15, 0.2) is 0 Å². The Morgan fingerprint density at radius 3 is 1.64 bits per heavy atom. The molecule has 0 saturated carbocycles. The summed E-state index contributed by atoms with van der Waals surface area (Å²) < 4.78 is 42.8. The maximum atomic E-state index is 7.64. The van der Waals surface area contributed by atoms with E-state index < -0.39 is 0 Å². The second-order valence-corrected chi connectivity index (χ2v) is 3.20. The van der Waals surface area contributed by atoms with Crippen molar-refractivity contribution in [3.05, 3.63) is 0 Å². The molecule has 0 aliphatic carbocycles. The van der Waals surface area contributed by atoms with Gasteiger partial charge >= 0.3 is 0 Å². The van der Waals surface area contributed by atoms with Gasteiger partial charge in [0.05, 0.1) is 0 Å². The predicted octanol–water partition coefficient (Wildman–Crippen LogP) is -0.357. The van der Waals surface area contributed by atoms with Crippen molar-refractivity contribution in [1.29, 1.82) is 0 Å². The molecule has 0 atom stereocenters. The van der Waals surface area contributed by atoms with Crippen LogP contribution in [0.15, 0.2) is 0 Å². The van der Waals surface area contributed by atoms with Crippen LogP contribution in [0.1, 0.15) is 25.7 Å². The molecule has 0 saturated heterocycles. The quantitative estimate of drug-likeness (QED) is 0.312. The standard InChI is InChI=1S/C10H26N4/c11-5-3-9-13-7-1-2-8-14-10-4-6-12/h13-14H,1-12H2/i/hD6. The highest BCUT2D eigenvalue weighted by Gasteiger charge is 1.89. The Kier molecular flexibility index (Phi) is 5.90. The summed E-state index contributed by atoms with van der Waals surface area (Å²) in [4.78, 5) is 0. The molecule has 0 heterocycles. The summed E-state index contributed by atoms with van der Waals surface area (Å²) in [5, 5.41) is 2.88. The minimum atomic E-state index is 0.346. The van der Waals surface area contributed by atoms with E-state index in [2.05, 4.69) is 0 Å². The lowest BCUT2D eigenvalue weighted by Crippen LogP contribution is -2.22. The normalized spacial score (nSPS) is 18.0. The van der Waals surface area contributed by atoms with E-state index in [4.69, 9.17) is 8.47 Å². The van der Waals surface area contributed by atoms with Gasteiger partial charge in [-0.1, -0.05) is 0 Å². The van der Waals surface area contributed by atoms with Crippen LogP contribution in [0.5, 0.6) is 0 Å². The monoisotopic (exact) mass is 208 g/mol. The molecule has 0 spiro atoms. The van der Waals surface area contributed by atoms with E-state index in [1.54, 1.807) is 0 Å². The molecule has 86 valence electrons. The molecule has 0 unspecified atom stereocenters. The van der Waals surface area contributed by atoms with Gasteiger partial charge in [0.25, 0.3) is 0 Å². The molecule has 0 fully saturated rings. The van der Waals surface area contributed by atoms with Gasteiger partial charge in [0, 0.05) is 0 Å². The topological polar surface area (TPSA) is 76.1 Å². The molecule has 0 bridgehead atoms. The zero-order valence-corrected chi connectivity index (χ0v) is 8.86.